The number of benzene rings is 2. The number of aromatic nitrogens is 2. The lowest BCUT2D eigenvalue weighted by atomic mass is 10.2. The Kier molecular flexibility index (Phi) is 5.03. The minimum absolute atomic E-state index is 0.183. The van der Waals surface area contributed by atoms with Crippen LogP contribution in [0.2, 0.25) is 0 Å². The van der Waals surface area contributed by atoms with Crippen LogP contribution in [0.4, 0.5) is 18.9 Å². The van der Waals surface area contributed by atoms with Crippen LogP contribution in [0.1, 0.15) is 10.5 Å². The lowest BCUT2D eigenvalue weighted by molar-refractivity contribution is 0.101. The number of halogens is 3. The van der Waals surface area contributed by atoms with Gasteiger partial charge < -0.3 is 15.2 Å². The summed E-state index contributed by atoms with van der Waals surface area (Å²) in [6, 6.07) is 8.43. The van der Waals surface area contributed by atoms with E-state index in [9.17, 15) is 27.9 Å². The van der Waals surface area contributed by atoms with Crippen molar-refractivity contribution in [1.82, 2.24) is 9.78 Å². The molecule has 2 aromatic carbocycles. The van der Waals surface area contributed by atoms with E-state index in [-0.39, 0.29) is 11.4 Å². The van der Waals surface area contributed by atoms with Crippen LogP contribution in [-0.4, -0.2) is 27.9 Å². The summed E-state index contributed by atoms with van der Waals surface area (Å²) in [6.07, 6.45) is 0. The van der Waals surface area contributed by atoms with E-state index in [1.165, 1.54) is 13.2 Å². The van der Waals surface area contributed by atoms with Gasteiger partial charge in [0.25, 0.3) is 11.5 Å². The van der Waals surface area contributed by atoms with Crippen LogP contribution < -0.4 is 15.6 Å². The van der Waals surface area contributed by atoms with Crippen molar-refractivity contribution >= 4 is 11.6 Å². The number of para-hydroxylation sites is 2. The van der Waals surface area contributed by atoms with Gasteiger partial charge in [-0.3, -0.25) is 9.59 Å². The molecule has 10 heteroatoms. The molecule has 0 saturated heterocycles. The zero-order valence-electron chi connectivity index (χ0n) is 14.2. The normalized spacial score (nSPS) is 10.6. The number of carbonyl (C=O) groups is 1. The van der Waals surface area contributed by atoms with Crippen LogP contribution in [0.15, 0.2) is 47.3 Å². The van der Waals surface area contributed by atoms with Gasteiger partial charge in [0.05, 0.1) is 12.8 Å². The van der Waals surface area contributed by atoms with E-state index in [4.69, 9.17) is 4.74 Å². The number of amides is 1. The quantitative estimate of drug-likeness (QED) is 0.667. The molecule has 0 radical (unpaired) electrons. The van der Waals surface area contributed by atoms with Crippen LogP contribution in [0.3, 0.4) is 0 Å². The highest BCUT2D eigenvalue weighted by molar-refractivity contribution is 6.04. The van der Waals surface area contributed by atoms with Crippen molar-refractivity contribution in [2.75, 3.05) is 12.4 Å². The van der Waals surface area contributed by atoms with Gasteiger partial charge in [0.1, 0.15) is 11.4 Å². The maximum absolute atomic E-state index is 13.8. The van der Waals surface area contributed by atoms with Crippen molar-refractivity contribution in [3.05, 3.63) is 76.0 Å². The molecule has 1 amide bonds. The Bertz CT molecular complexity index is 1130. The van der Waals surface area contributed by atoms with Crippen molar-refractivity contribution in [2.45, 2.75) is 0 Å². The van der Waals surface area contributed by atoms with Crippen LogP contribution >= 0.6 is 0 Å². The number of aromatic hydroxyl groups is 1. The largest absolute Gasteiger partial charge is 0.505 e. The molecule has 0 bridgehead atoms. The zero-order chi connectivity index (χ0) is 20.4. The third kappa shape index (κ3) is 3.39. The van der Waals surface area contributed by atoms with Gasteiger partial charge in [-0.25, -0.2) is 13.2 Å². The number of rotatable bonds is 4. The van der Waals surface area contributed by atoms with Gasteiger partial charge in [0.15, 0.2) is 28.9 Å². The SMILES string of the molecule is COc1ccccc1-n1nc(C(=O)Nc2ccc(F)c(F)c2F)c(O)cc1=O. The fourth-order valence-electron chi connectivity index (χ4n) is 2.39. The average Bonchev–Trinajstić information content (AvgIpc) is 2.68. The molecule has 0 spiro atoms. The second kappa shape index (κ2) is 7.43. The van der Waals surface area contributed by atoms with Crippen LogP contribution in [0, 0.1) is 17.5 Å². The highest BCUT2D eigenvalue weighted by Crippen LogP contribution is 2.23. The van der Waals surface area contributed by atoms with Crippen LogP contribution in [0.25, 0.3) is 5.69 Å². The van der Waals surface area contributed by atoms with Gasteiger partial charge in [-0.1, -0.05) is 12.1 Å². The molecule has 3 rings (SSSR count). The van der Waals surface area contributed by atoms with Crippen molar-refractivity contribution < 1.29 is 27.8 Å². The number of hydrogen-bond acceptors (Lipinski definition) is 5. The Morgan fingerprint density at radius 3 is 2.57 bits per heavy atom. The smallest absolute Gasteiger partial charge is 0.280 e. The first-order chi connectivity index (χ1) is 13.3. The molecule has 1 heterocycles. The fourth-order valence-corrected chi connectivity index (χ4v) is 2.39. The molecule has 0 unspecified atom stereocenters. The Morgan fingerprint density at radius 1 is 1.14 bits per heavy atom. The Morgan fingerprint density at radius 2 is 1.86 bits per heavy atom. The highest BCUT2D eigenvalue weighted by Gasteiger charge is 2.21. The summed E-state index contributed by atoms with van der Waals surface area (Å²) >= 11 is 0. The highest BCUT2D eigenvalue weighted by atomic mass is 19.2. The zero-order valence-corrected chi connectivity index (χ0v) is 14.2. The molecule has 0 aliphatic carbocycles. The predicted molar refractivity (Wildman–Crippen MR) is 92.3 cm³/mol. The molecule has 1 aromatic heterocycles. The van der Waals surface area contributed by atoms with Crippen molar-refractivity contribution in [1.29, 1.82) is 0 Å². The molecule has 0 fully saturated rings. The van der Waals surface area contributed by atoms with Crippen molar-refractivity contribution in [2.24, 2.45) is 0 Å². The van der Waals surface area contributed by atoms with E-state index in [0.717, 1.165) is 16.8 Å². The molecule has 0 aliphatic heterocycles. The first-order valence-electron chi connectivity index (χ1n) is 7.75. The van der Waals surface area contributed by atoms with E-state index in [0.29, 0.717) is 6.07 Å². The lowest BCUT2D eigenvalue weighted by Gasteiger charge is -2.12. The summed E-state index contributed by atoms with van der Waals surface area (Å²) in [6.45, 7) is 0. The monoisotopic (exact) mass is 391 g/mol. The maximum Gasteiger partial charge on any atom is 0.280 e. The molecule has 7 nitrogen and oxygen atoms in total. The molecule has 2 N–H and O–H groups in total. The van der Waals surface area contributed by atoms with Gasteiger partial charge in [0, 0.05) is 6.07 Å². The van der Waals surface area contributed by atoms with E-state index in [2.05, 4.69) is 5.10 Å². The molecule has 0 saturated carbocycles. The van der Waals surface area contributed by atoms with Gasteiger partial charge in [-0.15, -0.1) is 0 Å². The summed E-state index contributed by atoms with van der Waals surface area (Å²) in [5.41, 5.74) is -1.89. The molecular weight excluding hydrogens is 379 g/mol. The van der Waals surface area contributed by atoms with E-state index >= 15 is 0 Å². The molecular formula is C18H12F3N3O4. The van der Waals surface area contributed by atoms with Gasteiger partial charge in [-0.2, -0.15) is 9.78 Å². The van der Waals surface area contributed by atoms with Crippen molar-refractivity contribution in [3.63, 3.8) is 0 Å². The number of carbonyl (C=O) groups excluding carboxylic acids is 1. The molecule has 0 atom stereocenters. The van der Waals surface area contributed by atoms with Crippen LogP contribution in [0.5, 0.6) is 11.5 Å². The Hall–Kier alpha value is -3.82. The number of nitrogens with zero attached hydrogens (tertiary/aromatic N) is 2. The van der Waals surface area contributed by atoms with Gasteiger partial charge >= 0.3 is 0 Å². The topological polar surface area (TPSA) is 93.5 Å². The second-order valence-electron chi connectivity index (χ2n) is 5.48. The van der Waals surface area contributed by atoms with E-state index in [1.807, 2.05) is 5.32 Å². The number of methoxy groups -OCH3 is 1. The minimum Gasteiger partial charge on any atom is -0.505 e. The summed E-state index contributed by atoms with van der Waals surface area (Å²) in [5.74, 6) is -6.48. The standard InChI is InChI=1S/C18H12F3N3O4/c1-28-13-5-3-2-4-11(13)24-14(26)8-12(25)17(23-24)18(27)22-10-7-6-9(19)15(20)16(10)21/h2-8,25H,1H3,(H,22,27). The third-order valence-corrected chi connectivity index (χ3v) is 3.72. The average molecular weight is 391 g/mol. The third-order valence-electron chi connectivity index (χ3n) is 3.72. The van der Waals surface area contributed by atoms with E-state index in [1.54, 1.807) is 18.2 Å². The summed E-state index contributed by atoms with van der Waals surface area (Å²) in [7, 11) is 1.36. The number of hydrogen-bond donors (Lipinski definition) is 2. The number of ether oxygens (including phenoxy) is 1. The second-order valence-corrected chi connectivity index (χ2v) is 5.48. The first kappa shape index (κ1) is 19.0. The number of nitrogens with one attached hydrogen (secondary N) is 1. The lowest BCUT2D eigenvalue weighted by Crippen LogP contribution is -2.25. The fraction of sp³-hybridized carbons (Fsp3) is 0.0556. The molecule has 3 aromatic rings. The molecule has 0 aliphatic rings. The summed E-state index contributed by atoms with van der Waals surface area (Å²) in [4.78, 5) is 24.5. The van der Waals surface area contributed by atoms with E-state index < -0.39 is 46.0 Å². The van der Waals surface area contributed by atoms with Crippen LogP contribution in [-0.2, 0) is 0 Å². The van der Waals surface area contributed by atoms with Gasteiger partial charge in [-0.05, 0) is 24.3 Å². The molecule has 28 heavy (non-hydrogen) atoms. The predicted octanol–water partition coefficient (Wildman–Crippen LogP) is 2.62. The minimum atomic E-state index is -1.77. The first-order valence-corrected chi connectivity index (χ1v) is 7.75. The van der Waals surface area contributed by atoms with Gasteiger partial charge in [0.2, 0.25) is 0 Å². The maximum atomic E-state index is 13.8. The summed E-state index contributed by atoms with van der Waals surface area (Å²) in [5, 5.41) is 15.7. The number of anilines is 1. The summed E-state index contributed by atoms with van der Waals surface area (Å²) < 4.78 is 46.0. The van der Waals surface area contributed by atoms with Crippen molar-refractivity contribution in [3.8, 4) is 17.2 Å². The Balaban J connectivity index is 2.04. The Labute approximate surface area is 155 Å². The molecule has 144 valence electrons.